The molecule has 16 heavy (non-hydrogen) atoms. The second-order valence-corrected chi connectivity index (χ2v) is 4.42. The maximum atomic E-state index is 5.52. The van der Waals surface area contributed by atoms with E-state index < -0.39 is 0 Å². The summed E-state index contributed by atoms with van der Waals surface area (Å²) in [4.78, 5) is 4.39. The average molecular weight is 280 g/mol. The molecule has 0 aliphatic heterocycles. The molecule has 0 spiro atoms. The van der Waals surface area contributed by atoms with Crippen molar-refractivity contribution >= 4 is 15.9 Å². The van der Waals surface area contributed by atoms with Crippen molar-refractivity contribution in [2.75, 3.05) is 6.54 Å². The van der Waals surface area contributed by atoms with Gasteiger partial charge in [-0.15, -0.1) is 0 Å². The third-order valence-electron chi connectivity index (χ3n) is 2.43. The Hall–Kier alpha value is -1.13. The zero-order valence-corrected chi connectivity index (χ0v) is 10.5. The van der Waals surface area contributed by atoms with Crippen molar-refractivity contribution in [1.82, 2.24) is 9.55 Å². The summed E-state index contributed by atoms with van der Waals surface area (Å²) >= 11 is 3.54. The molecule has 0 aliphatic carbocycles. The first-order valence-electron chi connectivity index (χ1n) is 5.29. The lowest BCUT2D eigenvalue weighted by molar-refractivity contribution is 0.656. The van der Waals surface area contributed by atoms with Crippen LogP contribution in [0.4, 0.5) is 0 Å². The number of hydrogen-bond acceptors (Lipinski definition) is 2. The van der Waals surface area contributed by atoms with Crippen molar-refractivity contribution in [3.05, 3.63) is 41.1 Å². The van der Waals surface area contributed by atoms with Gasteiger partial charge in [0.2, 0.25) is 0 Å². The molecule has 1 aromatic heterocycles. The molecule has 0 saturated carbocycles. The van der Waals surface area contributed by atoms with Crippen LogP contribution in [0, 0.1) is 0 Å². The van der Waals surface area contributed by atoms with Crippen molar-refractivity contribution in [1.29, 1.82) is 0 Å². The highest BCUT2D eigenvalue weighted by Gasteiger charge is 2.08. The molecule has 0 bridgehead atoms. The first kappa shape index (κ1) is 11.4. The largest absolute Gasteiger partial charge is 0.331 e. The summed E-state index contributed by atoms with van der Waals surface area (Å²) in [6, 6.07) is 8.10. The Morgan fingerprint density at radius 3 is 2.88 bits per heavy atom. The second kappa shape index (κ2) is 5.27. The van der Waals surface area contributed by atoms with Crippen molar-refractivity contribution in [3.8, 4) is 11.4 Å². The number of nitrogens with two attached hydrogens (primary N) is 1. The monoisotopic (exact) mass is 279 g/mol. The molecule has 0 amide bonds. The highest BCUT2D eigenvalue weighted by molar-refractivity contribution is 9.10. The van der Waals surface area contributed by atoms with Crippen LogP contribution in [0.25, 0.3) is 11.4 Å². The van der Waals surface area contributed by atoms with Gasteiger partial charge in [-0.3, -0.25) is 0 Å². The van der Waals surface area contributed by atoms with Crippen LogP contribution in [0.5, 0.6) is 0 Å². The van der Waals surface area contributed by atoms with E-state index in [1.807, 2.05) is 30.6 Å². The molecule has 0 aliphatic rings. The third-order valence-corrected chi connectivity index (χ3v) is 3.12. The van der Waals surface area contributed by atoms with E-state index in [1.54, 1.807) is 0 Å². The van der Waals surface area contributed by atoms with E-state index in [9.17, 15) is 0 Å². The van der Waals surface area contributed by atoms with Gasteiger partial charge in [-0.05, 0) is 19.0 Å². The van der Waals surface area contributed by atoms with Crippen LogP contribution < -0.4 is 5.73 Å². The van der Waals surface area contributed by atoms with Gasteiger partial charge in [-0.25, -0.2) is 4.98 Å². The molecule has 3 nitrogen and oxygen atoms in total. The standard InChI is InChI=1S/C12H14BrN3/c13-11-5-2-1-4-10(11)12-15-7-9-16(12)8-3-6-14/h1-2,4-5,7,9H,3,6,8,14H2. The van der Waals surface area contributed by atoms with Gasteiger partial charge in [-0.2, -0.15) is 0 Å². The maximum Gasteiger partial charge on any atom is 0.141 e. The fourth-order valence-electron chi connectivity index (χ4n) is 1.64. The summed E-state index contributed by atoms with van der Waals surface area (Å²) in [6.45, 7) is 1.61. The molecular formula is C12H14BrN3. The fourth-order valence-corrected chi connectivity index (χ4v) is 2.10. The molecule has 84 valence electrons. The number of rotatable bonds is 4. The number of imidazole rings is 1. The number of hydrogen-bond donors (Lipinski definition) is 1. The number of aryl methyl sites for hydroxylation is 1. The van der Waals surface area contributed by atoms with Crippen LogP contribution in [0.2, 0.25) is 0 Å². The van der Waals surface area contributed by atoms with E-state index in [1.165, 1.54) is 0 Å². The Morgan fingerprint density at radius 1 is 1.31 bits per heavy atom. The number of nitrogens with zero attached hydrogens (tertiary/aromatic N) is 2. The van der Waals surface area contributed by atoms with Crippen molar-refractivity contribution < 1.29 is 0 Å². The van der Waals surface area contributed by atoms with Gasteiger partial charge in [0.05, 0.1) is 0 Å². The van der Waals surface area contributed by atoms with E-state index >= 15 is 0 Å². The summed E-state index contributed by atoms with van der Waals surface area (Å²) in [5.41, 5.74) is 6.64. The number of benzene rings is 1. The lowest BCUT2D eigenvalue weighted by atomic mass is 10.2. The lowest BCUT2D eigenvalue weighted by Gasteiger charge is -2.08. The lowest BCUT2D eigenvalue weighted by Crippen LogP contribution is -2.06. The average Bonchev–Trinajstić information content (AvgIpc) is 2.75. The Morgan fingerprint density at radius 2 is 2.12 bits per heavy atom. The van der Waals surface area contributed by atoms with Gasteiger partial charge in [0.1, 0.15) is 5.82 Å². The summed E-state index contributed by atoms with van der Waals surface area (Å²) in [5.74, 6) is 0.987. The minimum absolute atomic E-state index is 0.702. The van der Waals surface area contributed by atoms with Gasteiger partial charge in [-0.1, -0.05) is 34.1 Å². The highest BCUT2D eigenvalue weighted by Crippen LogP contribution is 2.26. The fraction of sp³-hybridized carbons (Fsp3) is 0.250. The molecule has 1 aromatic carbocycles. The summed E-state index contributed by atoms with van der Waals surface area (Å²) < 4.78 is 3.20. The zero-order valence-electron chi connectivity index (χ0n) is 8.94. The molecule has 0 unspecified atom stereocenters. The van der Waals surface area contributed by atoms with E-state index in [2.05, 4.69) is 31.5 Å². The zero-order chi connectivity index (χ0) is 11.4. The van der Waals surface area contributed by atoms with Crippen LogP contribution in [0.3, 0.4) is 0 Å². The molecule has 2 rings (SSSR count). The first-order chi connectivity index (χ1) is 7.83. The van der Waals surface area contributed by atoms with Crippen LogP contribution >= 0.6 is 15.9 Å². The van der Waals surface area contributed by atoms with Crippen LogP contribution in [-0.2, 0) is 6.54 Å². The minimum Gasteiger partial charge on any atom is -0.331 e. The third kappa shape index (κ3) is 2.33. The Labute approximate surface area is 103 Å². The Bertz CT molecular complexity index is 465. The molecule has 0 fully saturated rings. The molecule has 2 N–H and O–H groups in total. The van der Waals surface area contributed by atoms with Crippen LogP contribution in [0.15, 0.2) is 41.1 Å². The van der Waals surface area contributed by atoms with Gasteiger partial charge in [0.25, 0.3) is 0 Å². The molecule has 4 heteroatoms. The van der Waals surface area contributed by atoms with Gasteiger partial charge in [0.15, 0.2) is 0 Å². The smallest absolute Gasteiger partial charge is 0.141 e. The Balaban J connectivity index is 2.33. The van der Waals surface area contributed by atoms with E-state index in [4.69, 9.17) is 5.73 Å². The quantitative estimate of drug-likeness (QED) is 0.935. The van der Waals surface area contributed by atoms with Crippen molar-refractivity contribution in [2.45, 2.75) is 13.0 Å². The van der Waals surface area contributed by atoms with Crippen molar-refractivity contribution in [3.63, 3.8) is 0 Å². The van der Waals surface area contributed by atoms with Gasteiger partial charge >= 0.3 is 0 Å². The van der Waals surface area contributed by atoms with Crippen LogP contribution in [-0.4, -0.2) is 16.1 Å². The van der Waals surface area contributed by atoms with E-state index in [0.717, 1.165) is 28.8 Å². The molecule has 0 saturated heterocycles. The molecule has 1 heterocycles. The van der Waals surface area contributed by atoms with Gasteiger partial charge in [0, 0.05) is 29.0 Å². The second-order valence-electron chi connectivity index (χ2n) is 3.57. The summed E-state index contributed by atoms with van der Waals surface area (Å²) in [6.07, 6.45) is 4.78. The Kier molecular flexibility index (Phi) is 3.74. The number of aromatic nitrogens is 2. The SMILES string of the molecule is NCCCn1ccnc1-c1ccccc1Br. The summed E-state index contributed by atoms with van der Waals surface area (Å²) in [5, 5.41) is 0. The van der Waals surface area contributed by atoms with Crippen LogP contribution in [0.1, 0.15) is 6.42 Å². The van der Waals surface area contributed by atoms with Gasteiger partial charge < -0.3 is 10.3 Å². The predicted molar refractivity (Wildman–Crippen MR) is 69.0 cm³/mol. The highest BCUT2D eigenvalue weighted by atomic mass is 79.9. The van der Waals surface area contributed by atoms with Crippen molar-refractivity contribution in [2.24, 2.45) is 5.73 Å². The first-order valence-corrected chi connectivity index (χ1v) is 6.08. The predicted octanol–water partition coefficient (Wildman–Crippen LogP) is 2.66. The topological polar surface area (TPSA) is 43.8 Å². The normalized spacial score (nSPS) is 10.6. The minimum atomic E-state index is 0.702. The summed E-state index contributed by atoms with van der Waals surface area (Å²) in [7, 11) is 0. The number of halogens is 1. The maximum absolute atomic E-state index is 5.52. The van der Waals surface area contributed by atoms with E-state index in [-0.39, 0.29) is 0 Å². The molecular weight excluding hydrogens is 266 g/mol. The molecule has 2 aromatic rings. The molecule has 0 atom stereocenters. The molecule has 0 radical (unpaired) electrons. The van der Waals surface area contributed by atoms with E-state index in [0.29, 0.717) is 6.54 Å².